The number of rotatable bonds is 6. The van der Waals surface area contributed by atoms with E-state index in [1.807, 2.05) is 0 Å². The third-order valence-corrected chi connectivity index (χ3v) is 5.71. The molecule has 132 valence electrons. The standard InChI is InChI=1S/C16H22N2O5S/c1-11(2)18-24(22,23)13-7-5-12(6-8-13)14(19)17-16(15(20)21)9-3-4-10-16/h5-8,11,18H,3-4,9-10H2,1-2H3,(H,17,19)(H,20,21). The first-order chi connectivity index (χ1) is 11.2. The van der Waals surface area contributed by atoms with Crippen LogP contribution >= 0.6 is 0 Å². The molecule has 0 bridgehead atoms. The number of carbonyl (C=O) groups is 2. The van der Waals surface area contributed by atoms with E-state index in [2.05, 4.69) is 10.0 Å². The van der Waals surface area contributed by atoms with Crippen molar-refractivity contribution < 1.29 is 23.1 Å². The van der Waals surface area contributed by atoms with E-state index in [4.69, 9.17) is 0 Å². The molecular weight excluding hydrogens is 332 g/mol. The molecule has 1 aliphatic rings. The molecule has 0 atom stereocenters. The Hall–Kier alpha value is -1.93. The Morgan fingerprint density at radius 3 is 2.12 bits per heavy atom. The molecule has 1 aliphatic carbocycles. The molecule has 0 unspecified atom stereocenters. The molecule has 0 spiro atoms. The SMILES string of the molecule is CC(C)NS(=O)(=O)c1ccc(C(=O)NC2(C(=O)O)CCCC2)cc1. The molecule has 0 aliphatic heterocycles. The molecule has 24 heavy (non-hydrogen) atoms. The smallest absolute Gasteiger partial charge is 0.329 e. The Balaban J connectivity index is 2.16. The molecule has 0 aromatic heterocycles. The molecule has 7 nitrogen and oxygen atoms in total. The minimum Gasteiger partial charge on any atom is -0.480 e. The van der Waals surface area contributed by atoms with Crippen LogP contribution in [0.2, 0.25) is 0 Å². The van der Waals surface area contributed by atoms with Crippen LogP contribution in [-0.4, -0.2) is 37.0 Å². The molecule has 1 aromatic carbocycles. The minimum absolute atomic E-state index is 0.0570. The Kier molecular flexibility index (Phi) is 5.29. The van der Waals surface area contributed by atoms with Gasteiger partial charge in [0.05, 0.1) is 4.90 Å². The maximum Gasteiger partial charge on any atom is 0.329 e. The molecule has 1 saturated carbocycles. The highest BCUT2D eigenvalue weighted by molar-refractivity contribution is 7.89. The number of carboxylic acids is 1. The van der Waals surface area contributed by atoms with Crippen molar-refractivity contribution >= 4 is 21.9 Å². The van der Waals surface area contributed by atoms with E-state index >= 15 is 0 Å². The number of hydrogen-bond donors (Lipinski definition) is 3. The van der Waals surface area contributed by atoms with Gasteiger partial charge in [-0.05, 0) is 51.0 Å². The average molecular weight is 354 g/mol. The molecule has 2 rings (SSSR count). The van der Waals surface area contributed by atoms with Gasteiger partial charge in [0, 0.05) is 11.6 Å². The number of hydrogen-bond acceptors (Lipinski definition) is 4. The summed E-state index contributed by atoms with van der Waals surface area (Å²) in [5, 5.41) is 12.0. The summed E-state index contributed by atoms with van der Waals surface area (Å²) in [4.78, 5) is 23.8. The first kappa shape index (κ1) is 18.4. The van der Waals surface area contributed by atoms with Crippen LogP contribution < -0.4 is 10.0 Å². The molecule has 0 heterocycles. The van der Waals surface area contributed by atoms with Crippen molar-refractivity contribution in [2.45, 2.75) is 56.0 Å². The molecule has 0 saturated heterocycles. The van der Waals surface area contributed by atoms with Crippen LogP contribution in [0.1, 0.15) is 49.9 Å². The molecular formula is C16H22N2O5S. The predicted molar refractivity (Wildman–Crippen MR) is 88.2 cm³/mol. The summed E-state index contributed by atoms with van der Waals surface area (Å²) >= 11 is 0. The van der Waals surface area contributed by atoms with Crippen molar-refractivity contribution in [3.63, 3.8) is 0 Å². The normalized spacial score (nSPS) is 17.0. The Labute approximate surface area is 141 Å². The first-order valence-electron chi connectivity index (χ1n) is 7.85. The maximum atomic E-state index is 12.3. The second-order valence-corrected chi connectivity index (χ2v) is 8.06. The third-order valence-electron chi connectivity index (χ3n) is 4.04. The van der Waals surface area contributed by atoms with E-state index in [1.54, 1.807) is 13.8 Å². The van der Waals surface area contributed by atoms with Gasteiger partial charge in [0.15, 0.2) is 0 Å². The number of carboxylic acid groups (broad SMARTS) is 1. The monoisotopic (exact) mass is 354 g/mol. The van der Waals surface area contributed by atoms with Crippen molar-refractivity contribution in [3.05, 3.63) is 29.8 Å². The lowest BCUT2D eigenvalue weighted by Crippen LogP contribution is -2.52. The topological polar surface area (TPSA) is 113 Å². The van der Waals surface area contributed by atoms with Crippen molar-refractivity contribution in [1.29, 1.82) is 0 Å². The summed E-state index contributed by atoms with van der Waals surface area (Å²) in [5.74, 6) is -1.55. The van der Waals surface area contributed by atoms with Crippen molar-refractivity contribution in [1.82, 2.24) is 10.0 Å². The summed E-state index contributed by atoms with van der Waals surface area (Å²) in [7, 11) is -3.63. The van der Waals surface area contributed by atoms with Gasteiger partial charge >= 0.3 is 5.97 Å². The van der Waals surface area contributed by atoms with E-state index in [-0.39, 0.29) is 16.5 Å². The van der Waals surface area contributed by atoms with Crippen molar-refractivity contribution in [2.24, 2.45) is 0 Å². The molecule has 0 radical (unpaired) electrons. The van der Waals surface area contributed by atoms with Crippen LogP contribution in [0.15, 0.2) is 29.2 Å². The highest BCUT2D eigenvalue weighted by atomic mass is 32.2. The molecule has 1 fully saturated rings. The molecule has 8 heteroatoms. The van der Waals surface area contributed by atoms with Crippen LogP contribution in [0, 0.1) is 0 Å². The quantitative estimate of drug-likeness (QED) is 0.716. The molecule has 3 N–H and O–H groups in total. The van der Waals surface area contributed by atoms with Gasteiger partial charge in [-0.3, -0.25) is 4.79 Å². The van der Waals surface area contributed by atoms with Gasteiger partial charge in [-0.15, -0.1) is 0 Å². The number of sulfonamides is 1. The summed E-state index contributed by atoms with van der Waals surface area (Å²) in [6, 6.07) is 5.20. The highest BCUT2D eigenvalue weighted by Crippen LogP contribution is 2.30. The van der Waals surface area contributed by atoms with E-state index in [9.17, 15) is 23.1 Å². The Morgan fingerprint density at radius 2 is 1.67 bits per heavy atom. The van der Waals surface area contributed by atoms with Gasteiger partial charge in [0.1, 0.15) is 5.54 Å². The lowest BCUT2D eigenvalue weighted by molar-refractivity contribution is -0.144. The molecule has 1 amide bonds. The lowest BCUT2D eigenvalue weighted by atomic mass is 9.97. The van der Waals surface area contributed by atoms with Gasteiger partial charge in [0.2, 0.25) is 10.0 Å². The van der Waals surface area contributed by atoms with Crippen LogP contribution in [-0.2, 0) is 14.8 Å². The average Bonchev–Trinajstić information content (AvgIpc) is 2.96. The largest absolute Gasteiger partial charge is 0.480 e. The zero-order valence-corrected chi connectivity index (χ0v) is 14.5. The summed E-state index contributed by atoms with van der Waals surface area (Å²) < 4.78 is 26.6. The van der Waals surface area contributed by atoms with Gasteiger partial charge in [0.25, 0.3) is 5.91 Å². The second-order valence-electron chi connectivity index (χ2n) is 6.35. The summed E-state index contributed by atoms with van der Waals surface area (Å²) in [5.41, 5.74) is -0.993. The van der Waals surface area contributed by atoms with Gasteiger partial charge in [-0.25, -0.2) is 17.9 Å². The summed E-state index contributed by atoms with van der Waals surface area (Å²) in [6.45, 7) is 3.43. The predicted octanol–water partition coefficient (Wildman–Crippen LogP) is 1.50. The van der Waals surface area contributed by atoms with Crippen LogP contribution in [0.3, 0.4) is 0 Å². The van der Waals surface area contributed by atoms with Crippen LogP contribution in [0.4, 0.5) is 0 Å². The van der Waals surface area contributed by atoms with Gasteiger partial charge in [-0.1, -0.05) is 12.8 Å². The first-order valence-corrected chi connectivity index (χ1v) is 9.33. The van der Waals surface area contributed by atoms with Gasteiger partial charge in [-0.2, -0.15) is 0 Å². The van der Waals surface area contributed by atoms with E-state index in [0.29, 0.717) is 12.8 Å². The van der Waals surface area contributed by atoms with Crippen molar-refractivity contribution in [2.75, 3.05) is 0 Å². The fraction of sp³-hybridized carbons (Fsp3) is 0.500. The zero-order valence-electron chi connectivity index (χ0n) is 13.7. The lowest BCUT2D eigenvalue weighted by Gasteiger charge is -2.25. The number of aliphatic carboxylic acids is 1. The molecule has 1 aromatic rings. The van der Waals surface area contributed by atoms with Crippen LogP contribution in [0.5, 0.6) is 0 Å². The Morgan fingerprint density at radius 1 is 1.12 bits per heavy atom. The number of carbonyl (C=O) groups excluding carboxylic acids is 1. The fourth-order valence-electron chi connectivity index (χ4n) is 2.82. The highest BCUT2D eigenvalue weighted by Gasteiger charge is 2.42. The fourth-order valence-corrected chi connectivity index (χ4v) is 4.08. The Bertz CT molecular complexity index is 719. The second kappa shape index (κ2) is 6.90. The minimum atomic E-state index is -3.63. The van der Waals surface area contributed by atoms with Crippen molar-refractivity contribution in [3.8, 4) is 0 Å². The van der Waals surface area contributed by atoms with E-state index < -0.39 is 27.4 Å². The third kappa shape index (κ3) is 3.93. The zero-order chi connectivity index (χ0) is 18.0. The van der Waals surface area contributed by atoms with E-state index in [1.165, 1.54) is 24.3 Å². The van der Waals surface area contributed by atoms with E-state index in [0.717, 1.165) is 12.8 Å². The maximum absolute atomic E-state index is 12.3. The van der Waals surface area contributed by atoms with Gasteiger partial charge < -0.3 is 10.4 Å². The number of nitrogens with one attached hydrogen (secondary N) is 2. The number of benzene rings is 1. The van der Waals surface area contributed by atoms with Crippen LogP contribution in [0.25, 0.3) is 0 Å². The summed E-state index contributed by atoms with van der Waals surface area (Å²) in [6.07, 6.45) is 2.31. The number of amides is 1.